The largest absolute Gasteiger partial charge is 0.494 e. The number of nitrogens with one attached hydrogen (secondary N) is 1. The van der Waals surface area contributed by atoms with E-state index in [1.807, 2.05) is 13.8 Å². The van der Waals surface area contributed by atoms with Gasteiger partial charge in [-0.1, -0.05) is 19.1 Å². The first-order chi connectivity index (χ1) is 20.3. The number of aromatic nitrogens is 3. The van der Waals surface area contributed by atoms with Gasteiger partial charge in [-0.3, -0.25) is 4.72 Å². The fourth-order valence-electron chi connectivity index (χ4n) is 4.06. The van der Waals surface area contributed by atoms with Gasteiger partial charge in [-0.15, -0.1) is 0 Å². The summed E-state index contributed by atoms with van der Waals surface area (Å²) in [6, 6.07) is 7.69. The van der Waals surface area contributed by atoms with E-state index in [4.69, 9.17) is 20.9 Å². The number of hydrogen-bond donors (Lipinski definition) is 3. The number of alkyl halides is 3. The summed E-state index contributed by atoms with van der Waals surface area (Å²) in [4.78, 5) is 12.0. The zero-order chi connectivity index (χ0) is 31.9. The summed E-state index contributed by atoms with van der Waals surface area (Å²) in [5, 5.41) is 0.177. The van der Waals surface area contributed by atoms with E-state index in [2.05, 4.69) is 19.7 Å². The van der Waals surface area contributed by atoms with E-state index in [9.17, 15) is 21.6 Å². The number of benzene rings is 2. The number of nitrogens with zero attached hydrogens (tertiary/aromatic N) is 3. The van der Waals surface area contributed by atoms with Gasteiger partial charge in [-0.2, -0.15) is 13.2 Å². The van der Waals surface area contributed by atoms with Crippen molar-refractivity contribution >= 4 is 38.2 Å². The number of rotatable bonds is 9. The first-order valence-corrected chi connectivity index (χ1v) is 14.8. The van der Waals surface area contributed by atoms with Crippen LogP contribution in [0.5, 0.6) is 5.75 Å². The van der Waals surface area contributed by atoms with Crippen molar-refractivity contribution in [2.45, 2.75) is 33.4 Å². The molecule has 10 nitrogen and oxygen atoms in total. The third kappa shape index (κ3) is 7.99. The molecule has 0 bridgehead atoms. The Morgan fingerprint density at radius 1 is 1.00 bits per heavy atom. The summed E-state index contributed by atoms with van der Waals surface area (Å²) < 4.78 is 93.1. The van der Waals surface area contributed by atoms with Crippen LogP contribution >= 0.6 is 0 Å². The molecule has 0 aliphatic carbocycles. The highest BCUT2D eigenvalue weighted by molar-refractivity contribution is 7.92. The van der Waals surface area contributed by atoms with E-state index in [1.165, 1.54) is 37.4 Å². The maximum atomic E-state index is 15.4. The van der Waals surface area contributed by atoms with Gasteiger partial charge in [-0.25, -0.2) is 27.8 Å². The highest BCUT2D eigenvalue weighted by atomic mass is 32.2. The van der Waals surface area contributed by atoms with Gasteiger partial charge in [0.15, 0.2) is 11.6 Å². The fraction of sp³-hybridized carbons (Fsp3) is 0.321. The van der Waals surface area contributed by atoms with E-state index in [0.717, 1.165) is 19.4 Å². The van der Waals surface area contributed by atoms with E-state index in [1.54, 1.807) is 6.92 Å². The van der Waals surface area contributed by atoms with E-state index in [0.29, 0.717) is 12.5 Å². The molecule has 232 valence electrons. The maximum absolute atomic E-state index is 15.4. The number of ether oxygens (including phenoxy) is 2. The Morgan fingerprint density at radius 3 is 2.28 bits per heavy atom. The zero-order valence-corrected chi connectivity index (χ0v) is 24.7. The van der Waals surface area contributed by atoms with Crippen LogP contribution in [0.15, 0.2) is 42.6 Å². The zero-order valence-electron chi connectivity index (χ0n) is 23.9. The molecule has 0 atom stereocenters. The van der Waals surface area contributed by atoms with Crippen molar-refractivity contribution in [1.82, 2.24) is 15.0 Å². The molecular weight excluding hydrogens is 592 g/mol. The Balaban J connectivity index is 0.000000934. The minimum atomic E-state index is -4.77. The van der Waals surface area contributed by atoms with Crippen LogP contribution in [0.4, 0.5) is 34.9 Å². The summed E-state index contributed by atoms with van der Waals surface area (Å²) >= 11 is 0. The Hall–Kier alpha value is -4.24. The maximum Gasteiger partial charge on any atom is 0.417 e. The lowest BCUT2D eigenvalue weighted by Crippen LogP contribution is -2.17. The fourth-order valence-corrected chi connectivity index (χ4v) is 5.20. The lowest BCUT2D eigenvalue weighted by Gasteiger charge is -2.15. The van der Waals surface area contributed by atoms with E-state index in [-0.39, 0.29) is 56.7 Å². The molecule has 5 N–H and O–H groups in total. The van der Waals surface area contributed by atoms with Gasteiger partial charge < -0.3 is 20.9 Å². The Bertz CT molecular complexity index is 1700. The van der Waals surface area contributed by atoms with Crippen molar-refractivity contribution in [2.24, 2.45) is 0 Å². The van der Waals surface area contributed by atoms with Gasteiger partial charge in [0.05, 0.1) is 24.1 Å². The molecule has 0 spiro atoms. The lowest BCUT2D eigenvalue weighted by atomic mass is 10.0. The molecular formula is C28H32F4N6O4S. The number of methoxy groups -OCH3 is 1. The normalized spacial score (nSPS) is 11.6. The molecule has 4 aromatic rings. The van der Waals surface area contributed by atoms with Crippen LogP contribution in [0, 0.1) is 5.82 Å². The van der Waals surface area contributed by atoms with Crippen molar-refractivity contribution in [3.05, 3.63) is 54.0 Å². The van der Waals surface area contributed by atoms with Gasteiger partial charge in [0.1, 0.15) is 22.9 Å². The number of pyridine rings is 1. The van der Waals surface area contributed by atoms with Gasteiger partial charge in [0, 0.05) is 35.9 Å². The second-order valence-corrected chi connectivity index (χ2v) is 10.9. The predicted octanol–water partition coefficient (Wildman–Crippen LogP) is 5.88. The summed E-state index contributed by atoms with van der Waals surface area (Å²) in [5.74, 6) is -1.85. The molecule has 43 heavy (non-hydrogen) atoms. The van der Waals surface area contributed by atoms with Gasteiger partial charge >= 0.3 is 6.18 Å². The molecule has 0 saturated carbocycles. The molecule has 2 aromatic heterocycles. The third-order valence-corrected chi connectivity index (χ3v) is 7.42. The summed E-state index contributed by atoms with van der Waals surface area (Å²) in [5.41, 5.74) is 10.1. The lowest BCUT2D eigenvalue weighted by molar-refractivity contribution is -0.137. The van der Waals surface area contributed by atoms with Crippen molar-refractivity contribution in [1.29, 1.82) is 0 Å². The Labute approximate surface area is 246 Å². The summed E-state index contributed by atoms with van der Waals surface area (Å²) in [7, 11) is -2.46. The summed E-state index contributed by atoms with van der Waals surface area (Å²) in [6.07, 6.45) is -3.52. The van der Waals surface area contributed by atoms with Crippen molar-refractivity contribution < 1.29 is 35.5 Å². The number of halogens is 4. The number of nitrogens with two attached hydrogens (primary N) is 2. The average molecular weight is 625 g/mol. The van der Waals surface area contributed by atoms with E-state index < -0.39 is 33.1 Å². The second-order valence-electron chi connectivity index (χ2n) is 9.03. The second kappa shape index (κ2) is 13.8. The molecule has 2 heterocycles. The average Bonchev–Trinajstić information content (AvgIpc) is 2.94. The number of sulfonamides is 1. The molecule has 0 fully saturated rings. The quantitative estimate of drug-likeness (QED) is 0.194. The van der Waals surface area contributed by atoms with Crippen LogP contribution in [0.25, 0.3) is 33.4 Å². The number of hydrogen-bond acceptors (Lipinski definition) is 9. The van der Waals surface area contributed by atoms with Crippen LogP contribution in [-0.2, 0) is 20.9 Å². The monoisotopic (exact) mass is 624 g/mol. The molecule has 0 saturated heterocycles. The molecule has 0 aliphatic rings. The standard InChI is InChI=1S/C24H22F4N6O3S.C4H10O/c1-3-7-38(35,36)34-17-6-4-5-13(20(17)25)12-8-14-21(18(9-12)37-2)32-23(33-22(14)30)15-11-31-19(29)10-16(15)24(26,27)28;1-3-5-4-2/h4-6,8-11,34H,3,7H2,1-2H3,(H2,29,31)(H2,30,32,33);3-4H2,1-2H3. The van der Waals surface area contributed by atoms with Crippen LogP contribution in [-0.4, -0.2) is 49.4 Å². The molecule has 15 heteroatoms. The van der Waals surface area contributed by atoms with Crippen LogP contribution < -0.4 is 20.9 Å². The Kier molecular flexibility index (Phi) is 10.7. The molecule has 4 rings (SSSR count). The first kappa shape index (κ1) is 33.3. The minimum absolute atomic E-state index is 0.0208. The number of fused-ring (bicyclic) bond motifs is 1. The van der Waals surface area contributed by atoms with Crippen molar-refractivity contribution in [3.8, 4) is 28.3 Å². The highest BCUT2D eigenvalue weighted by Gasteiger charge is 2.35. The van der Waals surface area contributed by atoms with Crippen LogP contribution in [0.2, 0.25) is 0 Å². The van der Waals surface area contributed by atoms with Crippen molar-refractivity contribution in [2.75, 3.05) is 42.3 Å². The molecule has 0 unspecified atom stereocenters. The minimum Gasteiger partial charge on any atom is -0.494 e. The van der Waals surface area contributed by atoms with E-state index >= 15 is 4.39 Å². The predicted molar refractivity (Wildman–Crippen MR) is 158 cm³/mol. The topological polar surface area (TPSA) is 155 Å². The summed E-state index contributed by atoms with van der Waals surface area (Å²) in [6.45, 7) is 7.35. The smallest absolute Gasteiger partial charge is 0.417 e. The number of anilines is 3. The molecule has 0 radical (unpaired) electrons. The van der Waals surface area contributed by atoms with Gasteiger partial charge in [0.25, 0.3) is 0 Å². The van der Waals surface area contributed by atoms with Gasteiger partial charge in [-0.05, 0) is 50.1 Å². The highest BCUT2D eigenvalue weighted by Crippen LogP contribution is 2.40. The molecule has 2 aromatic carbocycles. The van der Waals surface area contributed by atoms with Crippen molar-refractivity contribution in [3.63, 3.8) is 0 Å². The number of nitrogen functional groups attached to an aromatic ring is 2. The molecule has 0 amide bonds. The first-order valence-electron chi connectivity index (χ1n) is 13.1. The molecule has 0 aliphatic heterocycles. The third-order valence-electron chi connectivity index (χ3n) is 5.94. The SMILES string of the molecule is CCCS(=O)(=O)Nc1cccc(-c2cc(OC)c3nc(-c4cnc(N)cc4C(F)(F)F)nc(N)c3c2)c1F.CCOCC. The van der Waals surface area contributed by atoms with Gasteiger partial charge in [0.2, 0.25) is 10.0 Å². The van der Waals surface area contributed by atoms with Crippen LogP contribution in [0.3, 0.4) is 0 Å². The van der Waals surface area contributed by atoms with Crippen LogP contribution in [0.1, 0.15) is 32.8 Å². The Morgan fingerprint density at radius 2 is 1.70 bits per heavy atom.